The molecule has 7 nitrogen and oxygen atoms in total. The Hall–Kier alpha value is -3.39. The smallest absolute Gasteiger partial charge is 0.419 e. The molecule has 0 unspecified atom stereocenters. The molecule has 0 aliphatic rings. The van der Waals surface area contributed by atoms with Gasteiger partial charge in [0.15, 0.2) is 0 Å². The van der Waals surface area contributed by atoms with Crippen molar-refractivity contribution < 1.29 is 19.0 Å². The van der Waals surface area contributed by atoms with Gasteiger partial charge in [-0.05, 0) is 61.0 Å². The molecule has 4 aromatic rings. The largest absolute Gasteiger partial charge is 0.497 e. The molecule has 0 bridgehead atoms. The second-order valence-corrected chi connectivity index (χ2v) is 9.17. The van der Waals surface area contributed by atoms with E-state index in [9.17, 15) is 4.79 Å². The lowest BCUT2D eigenvalue weighted by molar-refractivity contribution is 0.0547. The summed E-state index contributed by atoms with van der Waals surface area (Å²) in [6.45, 7) is 5.50. The van der Waals surface area contributed by atoms with Gasteiger partial charge in [0.1, 0.15) is 11.4 Å². The van der Waals surface area contributed by atoms with Crippen LogP contribution in [0.3, 0.4) is 0 Å². The van der Waals surface area contributed by atoms with E-state index < -0.39 is 11.7 Å². The molecule has 0 N–H and O–H groups in total. The van der Waals surface area contributed by atoms with Crippen molar-refractivity contribution in [3.8, 4) is 34.1 Å². The van der Waals surface area contributed by atoms with Gasteiger partial charge in [-0.25, -0.2) is 9.36 Å². The van der Waals surface area contributed by atoms with Crippen LogP contribution in [0.25, 0.3) is 33.4 Å². The van der Waals surface area contributed by atoms with Crippen molar-refractivity contribution in [1.82, 2.24) is 14.8 Å². The lowest BCUT2D eigenvalue weighted by Gasteiger charge is -2.21. The summed E-state index contributed by atoms with van der Waals surface area (Å²) >= 11 is 3.70. The monoisotopic (exact) mass is 509 g/mol. The zero-order chi connectivity index (χ0) is 23.8. The molecular weight excluding hydrogens is 486 g/mol. The fraction of sp³-hybridized carbons (Fsp3) is 0.240. The molecule has 0 fully saturated rings. The van der Waals surface area contributed by atoms with E-state index >= 15 is 0 Å². The third-order valence-electron chi connectivity index (χ3n) is 4.96. The maximum absolute atomic E-state index is 13.3. The van der Waals surface area contributed by atoms with Crippen LogP contribution in [0.15, 0.2) is 59.1 Å². The number of methoxy groups -OCH3 is 2. The number of carbonyl (C=O) groups excluding carboxylic acids is 1. The maximum atomic E-state index is 13.3. The van der Waals surface area contributed by atoms with Crippen molar-refractivity contribution in [2.75, 3.05) is 14.2 Å². The third kappa shape index (κ3) is 4.43. The van der Waals surface area contributed by atoms with E-state index in [0.29, 0.717) is 28.2 Å². The summed E-state index contributed by atoms with van der Waals surface area (Å²) in [5.74, 6) is 0.991. The number of fused-ring (bicyclic) bond motifs is 1. The van der Waals surface area contributed by atoms with Crippen LogP contribution >= 0.6 is 15.9 Å². The first-order valence-corrected chi connectivity index (χ1v) is 11.1. The SMILES string of the molecule is COc1cccc(-c2cc(-c3c(Br)c4ccccc4n3C(=O)OC(C)(C)C)c(OC)nn2)c1. The van der Waals surface area contributed by atoms with E-state index in [1.54, 1.807) is 11.7 Å². The minimum Gasteiger partial charge on any atom is -0.497 e. The summed E-state index contributed by atoms with van der Waals surface area (Å²) < 4.78 is 18.9. The number of rotatable bonds is 4. The van der Waals surface area contributed by atoms with Crippen LogP contribution in [-0.2, 0) is 4.74 Å². The van der Waals surface area contributed by atoms with Gasteiger partial charge in [0.25, 0.3) is 0 Å². The zero-order valence-corrected chi connectivity index (χ0v) is 20.6. The number of nitrogens with zero attached hydrogens (tertiary/aromatic N) is 3. The normalized spacial score (nSPS) is 11.5. The molecule has 0 spiro atoms. The number of hydrogen-bond acceptors (Lipinski definition) is 6. The number of benzene rings is 2. The Morgan fingerprint density at radius 3 is 2.42 bits per heavy atom. The molecule has 0 aliphatic heterocycles. The van der Waals surface area contributed by atoms with E-state index in [2.05, 4.69) is 26.1 Å². The van der Waals surface area contributed by atoms with Gasteiger partial charge in [0.2, 0.25) is 5.88 Å². The predicted octanol–water partition coefficient (Wildman–Crippen LogP) is 6.33. The lowest BCUT2D eigenvalue weighted by Crippen LogP contribution is -2.27. The number of para-hydroxylation sites is 1. The highest BCUT2D eigenvalue weighted by Crippen LogP contribution is 2.42. The highest BCUT2D eigenvalue weighted by Gasteiger charge is 2.28. The van der Waals surface area contributed by atoms with Crippen molar-refractivity contribution in [1.29, 1.82) is 0 Å². The van der Waals surface area contributed by atoms with E-state index in [1.807, 2.05) is 75.4 Å². The minimum absolute atomic E-state index is 0.287. The van der Waals surface area contributed by atoms with Gasteiger partial charge >= 0.3 is 6.09 Å². The Morgan fingerprint density at radius 1 is 0.970 bits per heavy atom. The Labute approximate surface area is 200 Å². The quantitative estimate of drug-likeness (QED) is 0.320. The van der Waals surface area contributed by atoms with Crippen molar-refractivity contribution >= 4 is 32.9 Å². The summed E-state index contributed by atoms with van der Waals surface area (Å²) in [6, 6.07) is 17.0. The van der Waals surface area contributed by atoms with Crippen LogP contribution in [0.1, 0.15) is 20.8 Å². The standard InChI is InChI=1S/C25H24BrN3O4/c1-25(2,3)33-24(30)29-20-12-7-6-11-17(20)21(26)22(29)18-14-19(27-28-23(18)32-5)15-9-8-10-16(13-15)31-4/h6-14H,1-5H3. The maximum Gasteiger partial charge on any atom is 0.419 e. The van der Waals surface area contributed by atoms with Crippen LogP contribution in [0.2, 0.25) is 0 Å². The predicted molar refractivity (Wildman–Crippen MR) is 131 cm³/mol. The third-order valence-corrected chi connectivity index (χ3v) is 5.77. The Kier molecular flexibility index (Phi) is 6.12. The number of halogens is 1. The van der Waals surface area contributed by atoms with E-state index in [4.69, 9.17) is 14.2 Å². The van der Waals surface area contributed by atoms with Gasteiger partial charge in [-0.15, -0.1) is 10.2 Å². The Balaban J connectivity index is 1.99. The molecule has 2 heterocycles. The average molecular weight is 510 g/mol. The van der Waals surface area contributed by atoms with Crippen molar-refractivity contribution in [2.24, 2.45) is 0 Å². The summed E-state index contributed by atoms with van der Waals surface area (Å²) in [4.78, 5) is 13.3. The van der Waals surface area contributed by atoms with Crippen LogP contribution in [0.4, 0.5) is 4.79 Å². The fourth-order valence-electron chi connectivity index (χ4n) is 3.56. The molecule has 0 saturated carbocycles. The van der Waals surface area contributed by atoms with E-state index in [0.717, 1.165) is 15.4 Å². The first-order chi connectivity index (χ1) is 15.7. The average Bonchev–Trinajstić information content (AvgIpc) is 3.10. The fourth-order valence-corrected chi connectivity index (χ4v) is 4.29. The summed E-state index contributed by atoms with van der Waals surface area (Å²) in [6.07, 6.45) is -0.499. The highest BCUT2D eigenvalue weighted by atomic mass is 79.9. The molecule has 2 aromatic heterocycles. The van der Waals surface area contributed by atoms with Crippen molar-refractivity contribution in [3.63, 3.8) is 0 Å². The van der Waals surface area contributed by atoms with Crippen molar-refractivity contribution in [2.45, 2.75) is 26.4 Å². The molecule has 0 amide bonds. The molecule has 0 radical (unpaired) electrons. The molecule has 8 heteroatoms. The first-order valence-electron chi connectivity index (χ1n) is 10.3. The minimum atomic E-state index is -0.668. The first kappa shape index (κ1) is 22.8. The Bertz CT molecular complexity index is 1340. The molecule has 170 valence electrons. The number of carbonyl (C=O) groups is 1. The van der Waals surface area contributed by atoms with Gasteiger partial charge in [-0.2, -0.15) is 0 Å². The number of hydrogen-bond donors (Lipinski definition) is 0. The topological polar surface area (TPSA) is 75.5 Å². The molecule has 0 atom stereocenters. The molecule has 0 aliphatic carbocycles. The number of aromatic nitrogens is 3. The van der Waals surface area contributed by atoms with Gasteiger partial charge in [0, 0.05) is 10.9 Å². The van der Waals surface area contributed by atoms with E-state index in [1.165, 1.54) is 7.11 Å². The number of ether oxygens (including phenoxy) is 3. The van der Waals surface area contributed by atoms with Gasteiger partial charge in [-0.1, -0.05) is 30.3 Å². The van der Waals surface area contributed by atoms with Crippen LogP contribution < -0.4 is 9.47 Å². The van der Waals surface area contributed by atoms with Crippen LogP contribution in [-0.4, -0.2) is 40.7 Å². The van der Waals surface area contributed by atoms with Crippen molar-refractivity contribution in [3.05, 3.63) is 59.1 Å². The summed E-state index contributed by atoms with van der Waals surface area (Å²) in [5.41, 5.74) is 2.63. The zero-order valence-electron chi connectivity index (χ0n) is 19.0. The summed E-state index contributed by atoms with van der Waals surface area (Å²) in [5, 5.41) is 9.48. The van der Waals surface area contributed by atoms with E-state index in [-0.39, 0.29) is 5.88 Å². The second-order valence-electron chi connectivity index (χ2n) is 8.38. The highest BCUT2D eigenvalue weighted by molar-refractivity contribution is 9.10. The second kappa shape index (κ2) is 8.86. The molecule has 2 aromatic carbocycles. The van der Waals surface area contributed by atoms with Gasteiger partial charge < -0.3 is 14.2 Å². The summed E-state index contributed by atoms with van der Waals surface area (Å²) in [7, 11) is 3.13. The molecular formula is C25H24BrN3O4. The van der Waals surface area contributed by atoms with Gasteiger partial charge in [-0.3, -0.25) is 0 Å². The van der Waals surface area contributed by atoms with Crippen LogP contribution in [0, 0.1) is 0 Å². The molecule has 4 rings (SSSR count). The lowest BCUT2D eigenvalue weighted by atomic mass is 10.1. The van der Waals surface area contributed by atoms with Crippen LogP contribution in [0.5, 0.6) is 11.6 Å². The molecule has 33 heavy (non-hydrogen) atoms. The Morgan fingerprint density at radius 2 is 1.73 bits per heavy atom. The molecule has 0 saturated heterocycles. The van der Waals surface area contributed by atoms with Gasteiger partial charge in [0.05, 0.1) is 41.2 Å².